The lowest BCUT2D eigenvalue weighted by atomic mass is 9.99. The third-order valence-electron chi connectivity index (χ3n) is 4.58. The van der Waals surface area contributed by atoms with Crippen molar-refractivity contribution in [3.8, 4) is 22.6 Å². The van der Waals surface area contributed by atoms with Crippen LogP contribution in [-0.2, 0) is 11.3 Å². The van der Waals surface area contributed by atoms with Crippen molar-refractivity contribution in [1.82, 2.24) is 0 Å². The molecule has 3 aromatic rings. The highest BCUT2D eigenvalue weighted by molar-refractivity contribution is 5.69. The summed E-state index contributed by atoms with van der Waals surface area (Å²) in [5, 5.41) is 11.4. The fraction of sp³-hybridized carbons (Fsp3) is 0.174. The zero-order valence-corrected chi connectivity index (χ0v) is 16.8. The largest absolute Gasteiger partial charge is 0.496 e. The van der Waals surface area contributed by atoms with Crippen LogP contribution in [0.3, 0.4) is 0 Å². The Morgan fingerprint density at radius 1 is 1.06 bits per heavy atom. The molecule has 0 radical (unpaired) electrons. The minimum atomic E-state index is -1.28. The zero-order chi connectivity index (χ0) is 22.5. The first-order valence-electron chi connectivity index (χ1n) is 9.30. The maximum atomic E-state index is 14.6. The Kier molecular flexibility index (Phi) is 6.69. The van der Waals surface area contributed by atoms with Crippen LogP contribution in [0, 0.1) is 24.4 Å². The first kappa shape index (κ1) is 22.0. The number of aliphatic carboxylic acids is 1. The van der Waals surface area contributed by atoms with Crippen molar-refractivity contribution in [2.45, 2.75) is 13.5 Å². The number of anilines is 1. The summed E-state index contributed by atoms with van der Waals surface area (Å²) in [5.74, 6) is -3.44. The maximum Gasteiger partial charge on any atom is 0.341 e. The molecule has 0 bridgehead atoms. The van der Waals surface area contributed by atoms with E-state index in [9.17, 15) is 18.0 Å². The van der Waals surface area contributed by atoms with E-state index in [1.54, 1.807) is 18.2 Å². The Labute approximate surface area is 177 Å². The summed E-state index contributed by atoms with van der Waals surface area (Å²) in [7, 11) is 1.48. The van der Waals surface area contributed by atoms with Crippen molar-refractivity contribution in [1.29, 1.82) is 0 Å². The second-order valence-electron chi connectivity index (χ2n) is 6.77. The van der Waals surface area contributed by atoms with E-state index in [1.807, 2.05) is 13.0 Å². The van der Waals surface area contributed by atoms with Gasteiger partial charge >= 0.3 is 5.97 Å². The third-order valence-corrected chi connectivity index (χ3v) is 4.58. The fourth-order valence-electron chi connectivity index (χ4n) is 3.24. The molecule has 0 unspecified atom stereocenters. The summed E-state index contributed by atoms with van der Waals surface area (Å²) in [6.45, 7) is 1.04. The molecule has 0 fully saturated rings. The lowest BCUT2D eigenvalue weighted by Crippen LogP contribution is -2.12. The number of carboxylic acid groups (broad SMARTS) is 1. The highest BCUT2D eigenvalue weighted by Crippen LogP contribution is 2.33. The van der Waals surface area contributed by atoms with Gasteiger partial charge in [0.2, 0.25) is 0 Å². The van der Waals surface area contributed by atoms with Crippen molar-refractivity contribution in [3.05, 3.63) is 77.1 Å². The molecule has 0 aliphatic rings. The predicted octanol–water partition coefficient (Wildman–Crippen LogP) is 5.16. The molecular weight excluding hydrogens is 411 g/mol. The molecule has 162 valence electrons. The van der Waals surface area contributed by atoms with E-state index in [2.05, 4.69) is 5.32 Å². The maximum absolute atomic E-state index is 14.6. The van der Waals surface area contributed by atoms with E-state index in [0.29, 0.717) is 22.4 Å². The van der Waals surface area contributed by atoms with E-state index < -0.39 is 29.9 Å². The topological polar surface area (TPSA) is 67.8 Å². The van der Waals surface area contributed by atoms with E-state index in [1.165, 1.54) is 19.2 Å². The van der Waals surface area contributed by atoms with Crippen molar-refractivity contribution in [3.63, 3.8) is 0 Å². The SMILES string of the molecule is COc1c(C)cc(-c2cccc(F)c2)cc1CNc1c(F)ccc(OCC(=O)O)c1F. The molecule has 0 amide bonds. The molecule has 0 atom stereocenters. The van der Waals surface area contributed by atoms with Crippen LogP contribution in [0.25, 0.3) is 11.1 Å². The van der Waals surface area contributed by atoms with Gasteiger partial charge < -0.3 is 19.9 Å². The van der Waals surface area contributed by atoms with E-state index in [-0.39, 0.29) is 18.1 Å². The highest BCUT2D eigenvalue weighted by Gasteiger charge is 2.17. The number of carbonyl (C=O) groups is 1. The quantitative estimate of drug-likeness (QED) is 0.516. The van der Waals surface area contributed by atoms with Crippen LogP contribution in [0.1, 0.15) is 11.1 Å². The molecule has 2 N–H and O–H groups in total. The lowest BCUT2D eigenvalue weighted by Gasteiger charge is -2.17. The second-order valence-corrected chi connectivity index (χ2v) is 6.77. The predicted molar refractivity (Wildman–Crippen MR) is 110 cm³/mol. The molecule has 0 aliphatic carbocycles. The van der Waals surface area contributed by atoms with Gasteiger partial charge in [0, 0.05) is 12.1 Å². The number of rotatable bonds is 8. The molecule has 0 aromatic heterocycles. The molecule has 0 saturated heterocycles. The van der Waals surface area contributed by atoms with Gasteiger partial charge in [-0.2, -0.15) is 0 Å². The third kappa shape index (κ3) is 5.09. The normalized spacial score (nSPS) is 10.6. The van der Waals surface area contributed by atoms with Crippen LogP contribution in [0.2, 0.25) is 0 Å². The summed E-state index contributed by atoms with van der Waals surface area (Å²) in [4.78, 5) is 10.6. The van der Waals surface area contributed by atoms with Gasteiger partial charge in [0.05, 0.1) is 7.11 Å². The minimum Gasteiger partial charge on any atom is -0.496 e. The van der Waals surface area contributed by atoms with Gasteiger partial charge in [0.1, 0.15) is 23.1 Å². The van der Waals surface area contributed by atoms with E-state index in [4.69, 9.17) is 14.6 Å². The molecule has 3 rings (SSSR count). The fourth-order valence-corrected chi connectivity index (χ4v) is 3.24. The van der Waals surface area contributed by atoms with E-state index in [0.717, 1.165) is 17.7 Å². The van der Waals surface area contributed by atoms with Crippen LogP contribution in [0.15, 0.2) is 48.5 Å². The molecule has 0 aliphatic heterocycles. The molecule has 0 saturated carbocycles. The number of methoxy groups -OCH3 is 1. The van der Waals surface area contributed by atoms with Crippen LogP contribution >= 0.6 is 0 Å². The van der Waals surface area contributed by atoms with Gasteiger partial charge in [-0.15, -0.1) is 0 Å². The van der Waals surface area contributed by atoms with Gasteiger partial charge in [-0.05, 0) is 60.0 Å². The van der Waals surface area contributed by atoms with Crippen molar-refractivity contribution in [2.75, 3.05) is 19.0 Å². The molecule has 3 aromatic carbocycles. The Hall–Kier alpha value is -3.68. The van der Waals surface area contributed by atoms with Gasteiger partial charge in [-0.25, -0.2) is 18.0 Å². The lowest BCUT2D eigenvalue weighted by molar-refractivity contribution is -0.139. The monoisotopic (exact) mass is 431 g/mol. The van der Waals surface area contributed by atoms with E-state index >= 15 is 0 Å². The number of nitrogens with one attached hydrogen (secondary N) is 1. The molecule has 0 spiro atoms. The van der Waals surface area contributed by atoms with Gasteiger partial charge in [-0.1, -0.05) is 12.1 Å². The van der Waals surface area contributed by atoms with Crippen LogP contribution in [-0.4, -0.2) is 24.8 Å². The van der Waals surface area contributed by atoms with Crippen molar-refractivity contribution >= 4 is 11.7 Å². The highest BCUT2D eigenvalue weighted by atomic mass is 19.1. The Balaban J connectivity index is 1.92. The summed E-state index contributed by atoms with van der Waals surface area (Å²) >= 11 is 0. The first-order chi connectivity index (χ1) is 14.8. The number of hydrogen-bond donors (Lipinski definition) is 2. The molecular formula is C23H20F3NO4. The van der Waals surface area contributed by atoms with Crippen LogP contribution < -0.4 is 14.8 Å². The summed E-state index contributed by atoms with van der Waals surface area (Å²) < 4.78 is 52.8. The number of benzene rings is 3. The summed E-state index contributed by atoms with van der Waals surface area (Å²) in [6.07, 6.45) is 0. The summed E-state index contributed by atoms with van der Waals surface area (Å²) in [6, 6.07) is 11.7. The zero-order valence-electron chi connectivity index (χ0n) is 16.8. The molecule has 0 heterocycles. The number of aryl methyl sites for hydroxylation is 1. The minimum absolute atomic E-state index is 0.0105. The number of carboxylic acids is 1. The van der Waals surface area contributed by atoms with Gasteiger partial charge in [0.25, 0.3) is 0 Å². The first-order valence-corrected chi connectivity index (χ1v) is 9.30. The van der Waals surface area contributed by atoms with Crippen molar-refractivity contribution < 1.29 is 32.5 Å². The Morgan fingerprint density at radius 2 is 1.84 bits per heavy atom. The Morgan fingerprint density at radius 3 is 2.52 bits per heavy atom. The summed E-state index contributed by atoms with van der Waals surface area (Å²) in [5.41, 5.74) is 2.26. The molecule has 31 heavy (non-hydrogen) atoms. The smallest absolute Gasteiger partial charge is 0.341 e. The average Bonchev–Trinajstić information content (AvgIpc) is 2.72. The average molecular weight is 431 g/mol. The molecule has 5 nitrogen and oxygen atoms in total. The number of halogens is 3. The Bertz CT molecular complexity index is 1120. The van der Waals surface area contributed by atoms with Gasteiger partial charge in [-0.3, -0.25) is 0 Å². The molecule has 8 heteroatoms. The standard InChI is InChI=1S/C23H20F3NO4/c1-13-8-15(14-4-3-5-17(24)10-14)9-16(23(13)30-2)11-27-22-18(25)6-7-19(21(22)26)31-12-20(28)29/h3-10,27H,11-12H2,1-2H3,(H,28,29). The number of ether oxygens (including phenoxy) is 2. The second kappa shape index (κ2) is 9.42. The van der Waals surface area contributed by atoms with Crippen LogP contribution in [0.5, 0.6) is 11.5 Å². The van der Waals surface area contributed by atoms with Gasteiger partial charge in [0.15, 0.2) is 18.2 Å². The van der Waals surface area contributed by atoms with Crippen molar-refractivity contribution in [2.24, 2.45) is 0 Å². The number of hydrogen-bond acceptors (Lipinski definition) is 4. The van der Waals surface area contributed by atoms with Crippen LogP contribution in [0.4, 0.5) is 18.9 Å².